The van der Waals surface area contributed by atoms with Crippen molar-refractivity contribution >= 4 is 10.1 Å². The molecule has 0 fully saturated rings. The zero-order valence-electron chi connectivity index (χ0n) is 6.58. The Labute approximate surface area is 73.8 Å². The second-order valence-electron chi connectivity index (χ2n) is 2.48. The molecule has 1 N–H and O–H groups in total. The zero-order chi connectivity index (χ0) is 10.2. The highest BCUT2D eigenvalue weighted by atomic mass is 32.2. The van der Waals surface area contributed by atoms with Crippen LogP contribution in [0.15, 0.2) is 17.0 Å². The second-order valence-corrected chi connectivity index (χ2v) is 3.84. The Hall–Kier alpha value is -1.01. The summed E-state index contributed by atoms with van der Waals surface area (Å²) in [6, 6.07) is 1.86. The molecular formula is C7H6F2O3S. The van der Waals surface area contributed by atoms with Gasteiger partial charge in [0.15, 0.2) is 11.6 Å². The Morgan fingerprint density at radius 1 is 1.31 bits per heavy atom. The monoisotopic (exact) mass is 208 g/mol. The summed E-state index contributed by atoms with van der Waals surface area (Å²) in [6.45, 7) is 1.26. The molecule has 1 aromatic carbocycles. The molecule has 3 nitrogen and oxygen atoms in total. The van der Waals surface area contributed by atoms with E-state index < -0.39 is 26.6 Å². The maximum Gasteiger partial charge on any atom is 0.297 e. The maximum absolute atomic E-state index is 12.8. The van der Waals surface area contributed by atoms with Crippen molar-refractivity contribution in [2.24, 2.45) is 0 Å². The van der Waals surface area contributed by atoms with Gasteiger partial charge in [0.2, 0.25) is 0 Å². The van der Waals surface area contributed by atoms with E-state index in [1.807, 2.05) is 0 Å². The van der Waals surface area contributed by atoms with Crippen LogP contribution in [0, 0.1) is 18.6 Å². The first-order valence-electron chi connectivity index (χ1n) is 3.26. The summed E-state index contributed by atoms with van der Waals surface area (Å²) in [5.41, 5.74) is -0.0404. The predicted molar refractivity (Wildman–Crippen MR) is 40.9 cm³/mol. The lowest BCUT2D eigenvalue weighted by atomic mass is 10.2. The number of hydrogen-bond acceptors (Lipinski definition) is 2. The third-order valence-corrected chi connectivity index (χ3v) is 2.52. The largest absolute Gasteiger partial charge is 0.297 e. The Morgan fingerprint density at radius 2 is 1.85 bits per heavy atom. The minimum atomic E-state index is -4.70. The van der Waals surface area contributed by atoms with Gasteiger partial charge in [-0.1, -0.05) is 6.07 Å². The van der Waals surface area contributed by atoms with Gasteiger partial charge in [-0.05, 0) is 18.6 Å². The van der Waals surface area contributed by atoms with Crippen LogP contribution in [-0.2, 0) is 10.1 Å². The van der Waals surface area contributed by atoms with Crippen LogP contribution in [-0.4, -0.2) is 13.0 Å². The molecule has 13 heavy (non-hydrogen) atoms. The topological polar surface area (TPSA) is 54.4 Å². The van der Waals surface area contributed by atoms with Crippen molar-refractivity contribution in [2.45, 2.75) is 11.8 Å². The molecular weight excluding hydrogens is 202 g/mol. The van der Waals surface area contributed by atoms with Crippen molar-refractivity contribution < 1.29 is 21.8 Å². The molecule has 0 radical (unpaired) electrons. The summed E-state index contributed by atoms with van der Waals surface area (Å²) < 4.78 is 55.1. The lowest BCUT2D eigenvalue weighted by molar-refractivity contribution is 0.452. The van der Waals surface area contributed by atoms with Crippen LogP contribution in [0.3, 0.4) is 0 Å². The van der Waals surface area contributed by atoms with Crippen LogP contribution in [0.4, 0.5) is 8.78 Å². The smallest absolute Gasteiger partial charge is 0.282 e. The molecule has 72 valence electrons. The van der Waals surface area contributed by atoms with Crippen molar-refractivity contribution in [1.29, 1.82) is 0 Å². The van der Waals surface area contributed by atoms with E-state index >= 15 is 0 Å². The second kappa shape index (κ2) is 3.04. The van der Waals surface area contributed by atoms with E-state index in [1.165, 1.54) is 6.92 Å². The highest BCUT2D eigenvalue weighted by Gasteiger charge is 2.21. The predicted octanol–water partition coefficient (Wildman–Crippen LogP) is 1.52. The molecule has 0 aromatic heterocycles. The van der Waals surface area contributed by atoms with Gasteiger partial charge in [-0.15, -0.1) is 0 Å². The van der Waals surface area contributed by atoms with Gasteiger partial charge < -0.3 is 0 Å². The quantitative estimate of drug-likeness (QED) is 0.712. The van der Waals surface area contributed by atoms with E-state index in [0.717, 1.165) is 12.1 Å². The highest BCUT2D eigenvalue weighted by Crippen LogP contribution is 2.20. The Balaban J connectivity index is 3.62. The summed E-state index contributed by atoms with van der Waals surface area (Å²) in [5.74, 6) is -2.86. The van der Waals surface area contributed by atoms with Crippen molar-refractivity contribution in [3.05, 3.63) is 29.3 Å². The minimum Gasteiger partial charge on any atom is -0.282 e. The summed E-state index contributed by atoms with van der Waals surface area (Å²) in [6.07, 6.45) is 0. The lowest BCUT2D eigenvalue weighted by Crippen LogP contribution is -2.06. The first-order chi connectivity index (χ1) is 5.84. The zero-order valence-corrected chi connectivity index (χ0v) is 7.40. The van der Waals surface area contributed by atoms with Gasteiger partial charge in [0.25, 0.3) is 10.1 Å². The van der Waals surface area contributed by atoms with Gasteiger partial charge in [0.05, 0.1) is 0 Å². The molecule has 0 amide bonds. The van der Waals surface area contributed by atoms with Gasteiger partial charge in [-0.2, -0.15) is 8.42 Å². The molecule has 0 aliphatic carbocycles. The lowest BCUT2D eigenvalue weighted by Gasteiger charge is -2.03. The first-order valence-corrected chi connectivity index (χ1v) is 4.70. The average Bonchev–Trinajstić information content (AvgIpc) is 1.95. The van der Waals surface area contributed by atoms with Crippen LogP contribution in [0.5, 0.6) is 0 Å². The normalized spacial score (nSPS) is 11.7. The number of rotatable bonds is 1. The van der Waals surface area contributed by atoms with E-state index in [9.17, 15) is 17.2 Å². The molecule has 0 saturated heterocycles. The van der Waals surface area contributed by atoms with E-state index in [1.54, 1.807) is 0 Å². The van der Waals surface area contributed by atoms with Gasteiger partial charge in [0.1, 0.15) is 4.90 Å². The molecule has 1 rings (SSSR count). The van der Waals surface area contributed by atoms with E-state index in [-0.39, 0.29) is 5.56 Å². The third-order valence-electron chi connectivity index (χ3n) is 1.50. The molecule has 0 heterocycles. The van der Waals surface area contributed by atoms with Gasteiger partial charge in [0, 0.05) is 0 Å². The van der Waals surface area contributed by atoms with Gasteiger partial charge in [-0.3, -0.25) is 4.55 Å². The number of hydrogen-bond donors (Lipinski definition) is 1. The number of benzene rings is 1. The van der Waals surface area contributed by atoms with Gasteiger partial charge >= 0.3 is 0 Å². The van der Waals surface area contributed by atoms with Crippen LogP contribution in [0.25, 0.3) is 0 Å². The fourth-order valence-corrected chi connectivity index (χ4v) is 1.74. The van der Waals surface area contributed by atoms with Crippen molar-refractivity contribution in [1.82, 2.24) is 0 Å². The third kappa shape index (κ3) is 1.84. The van der Waals surface area contributed by atoms with E-state index in [4.69, 9.17) is 4.55 Å². The molecule has 6 heteroatoms. The van der Waals surface area contributed by atoms with Crippen molar-refractivity contribution in [2.75, 3.05) is 0 Å². The Morgan fingerprint density at radius 3 is 2.23 bits per heavy atom. The Kier molecular flexibility index (Phi) is 2.36. The minimum absolute atomic E-state index is 0.0404. The van der Waals surface area contributed by atoms with Gasteiger partial charge in [-0.25, -0.2) is 8.78 Å². The van der Waals surface area contributed by atoms with Crippen molar-refractivity contribution in [3.63, 3.8) is 0 Å². The molecule has 1 aromatic rings. The average molecular weight is 208 g/mol. The molecule has 0 aliphatic rings. The Bertz CT molecular complexity index is 439. The molecule has 0 bridgehead atoms. The summed E-state index contributed by atoms with van der Waals surface area (Å²) >= 11 is 0. The molecule has 0 spiro atoms. The molecule has 0 aliphatic heterocycles. The SMILES string of the molecule is Cc1ccc(F)c(F)c1S(=O)(=O)O. The summed E-state index contributed by atoms with van der Waals surface area (Å²) in [4.78, 5) is -1.01. The number of halogens is 2. The van der Waals surface area contributed by atoms with Crippen LogP contribution in [0.1, 0.15) is 5.56 Å². The van der Waals surface area contributed by atoms with Crippen LogP contribution < -0.4 is 0 Å². The standard InChI is InChI=1S/C7H6F2O3S/c1-4-2-3-5(8)6(9)7(4)13(10,11)12/h2-3H,1H3,(H,10,11,12). The fraction of sp³-hybridized carbons (Fsp3) is 0.143. The molecule has 0 atom stereocenters. The van der Waals surface area contributed by atoms with E-state index in [2.05, 4.69) is 0 Å². The fourth-order valence-electron chi connectivity index (χ4n) is 0.945. The van der Waals surface area contributed by atoms with Crippen LogP contribution in [0.2, 0.25) is 0 Å². The summed E-state index contributed by atoms with van der Waals surface area (Å²) in [7, 11) is -4.70. The molecule has 0 unspecified atom stereocenters. The first kappa shape index (κ1) is 10.1. The maximum atomic E-state index is 12.8. The van der Waals surface area contributed by atoms with Crippen LogP contribution >= 0.6 is 0 Å². The molecule has 0 saturated carbocycles. The highest BCUT2D eigenvalue weighted by molar-refractivity contribution is 7.85. The summed E-state index contributed by atoms with van der Waals surface area (Å²) in [5, 5.41) is 0. The van der Waals surface area contributed by atoms with Crippen molar-refractivity contribution in [3.8, 4) is 0 Å². The van der Waals surface area contributed by atoms with E-state index in [0.29, 0.717) is 0 Å². The number of aryl methyl sites for hydroxylation is 1.